The molecule has 0 amide bonds. The molecule has 106 valence electrons. The first kappa shape index (κ1) is 14.4. The topological polar surface area (TPSA) is 61.7 Å². The maximum Gasteiger partial charge on any atom is 0.126 e. The lowest BCUT2D eigenvalue weighted by atomic mass is 10.0. The van der Waals surface area contributed by atoms with E-state index in [1.54, 1.807) is 7.11 Å². The maximum absolute atomic E-state index is 9.37. The van der Waals surface area contributed by atoms with Crippen LogP contribution in [-0.4, -0.2) is 36.6 Å². The van der Waals surface area contributed by atoms with Crippen LogP contribution >= 0.6 is 0 Å². The van der Waals surface area contributed by atoms with Gasteiger partial charge in [0.05, 0.1) is 19.8 Å². The second-order valence-corrected chi connectivity index (χ2v) is 4.50. The third-order valence-corrected chi connectivity index (χ3v) is 3.04. The Kier molecular flexibility index (Phi) is 4.98. The summed E-state index contributed by atoms with van der Waals surface area (Å²) >= 11 is 0. The molecular formula is C16H19NO3. The summed E-state index contributed by atoms with van der Waals surface area (Å²) in [4.78, 5) is 0. The number of aliphatic hydroxyl groups is 2. The Balaban J connectivity index is 2.25. The first-order valence-corrected chi connectivity index (χ1v) is 6.51. The number of benzene rings is 2. The van der Waals surface area contributed by atoms with E-state index < -0.39 is 6.10 Å². The Hall–Kier alpha value is -2.04. The lowest BCUT2D eigenvalue weighted by molar-refractivity contribution is 0.105. The molecule has 0 spiro atoms. The van der Waals surface area contributed by atoms with Gasteiger partial charge in [-0.25, -0.2) is 0 Å². The predicted octanol–water partition coefficient (Wildman–Crippen LogP) is 2.13. The molecule has 4 nitrogen and oxygen atoms in total. The van der Waals surface area contributed by atoms with E-state index in [9.17, 15) is 5.11 Å². The molecule has 4 heteroatoms. The zero-order valence-electron chi connectivity index (χ0n) is 11.4. The van der Waals surface area contributed by atoms with Crippen LogP contribution in [0.3, 0.4) is 0 Å². The van der Waals surface area contributed by atoms with Crippen LogP contribution in [0.25, 0.3) is 11.1 Å². The zero-order chi connectivity index (χ0) is 14.4. The number of hydrogen-bond acceptors (Lipinski definition) is 4. The molecule has 3 N–H and O–H groups in total. The summed E-state index contributed by atoms with van der Waals surface area (Å²) in [6, 6.07) is 15.7. The lowest BCUT2D eigenvalue weighted by Crippen LogP contribution is -2.22. The summed E-state index contributed by atoms with van der Waals surface area (Å²) in [5, 5.41) is 21.3. The smallest absolute Gasteiger partial charge is 0.126 e. The number of ether oxygens (including phenoxy) is 1. The fourth-order valence-electron chi connectivity index (χ4n) is 1.96. The molecule has 0 saturated carbocycles. The van der Waals surface area contributed by atoms with Gasteiger partial charge in [0, 0.05) is 17.8 Å². The minimum atomic E-state index is -0.766. The van der Waals surface area contributed by atoms with Crippen LogP contribution in [0, 0.1) is 0 Å². The van der Waals surface area contributed by atoms with Crippen molar-refractivity contribution in [1.29, 1.82) is 0 Å². The summed E-state index contributed by atoms with van der Waals surface area (Å²) in [7, 11) is 1.64. The lowest BCUT2D eigenvalue weighted by Gasteiger charge is -2.14. The van der Waals surface area contributed by atoms with Crippen molar-refractivity contribution in [3.63, 3.8) is 0 Å². The zero-order valence-corrected chi connectivity index (χ0v) is 11.4. The summed E-state index contributed by atoms with van der Waals surface area (Å²) < 4.78 is 5.38. The molecule has 0 heterocycles. The van der Waals surface area contributed by atoms with Crippen molar-refractivity contribution in [3.05, 3.63) is 48.5 Å². The van der Waals surface area contributed by atoms with E-state index in [0.29, 0.717) is 6.54 Å². The number of nitrogens with one attached hydrogen (secondary N) is 1. The van der Waals surface area contributed by atoms with E-state index in [0.717, 1.165) is 22.6 Å². The van der Waals surface area contributed by atoms with Gasteiger partial charge in [-0.05, 0) is 23.8 Å². The summed E-state index contributed by atoms with van der Waals surface area (Å²) in [5.74, 6) is 0.796. The van der Waals surface area contributed by atoms with Crippen LogP contribution in [0.4, 0.5) is 5.69 Å². The van der Waals surface area contributed by atoms with Crippen molar-refractivity contribution in [1.82, 2.24) is 0 Å². The van der Waals surface area contributed by atoms with E-state index in [4.69, 9.17) is 9.84 Å². The van der Waals surface area contributed by atoms with Crippen molar-refractivity contribution >= 4 is 5.69 Å². The van der Waals surface area contributed by atoms with Crippen molar-refractivity contribution in [2.45, 2.75) is 6.10 Å². The number of rotatable bonds is 6. The Morgan fingerprint density at radius 2 is 1.90 bits per heavy atom. The molecule has 0 aliphatic carbocycles. The highest BCUT2D eigenvalue weighted by Crippen LogP contribution is 2.32. The molecule has 1 unspecified atom stereocenters. The van der Waals surface area contributed by atoms with Crippen LogP contribution in [0.15, 0.2) is 48.5 Å². The van der Waals surface area contributed by atoms with Gasteiger partial charge >= 0.3 is 0 Å². The van der Waals surface area contributed by atoms with Crippen LogP contribution in [0.1, 0.15) is 0 Å². The van der Waals surface area contributed by atoms with Gasteiger partial charge in [-0.1, -0.05) is 30.3 Å². The van der Waals surface area contributed by atoms with Crippen LogP contribution < -0.4 is 10.1 Å². The average molecular weight is 273 g/mol. The maximum atomic E-state index is 9.37. The predicted molar refractivity (Wildman–Crippen MR) is 80.0 cm³/mol. The molecule has 0 saturated heterocycles. The fraction of sp³-hybridized carbons (Fsp3) is 0.250. The molecule has 0 aromatic heterocycles. The molecule has 0 aliphatic rings. The van der Waals surface area contributed by atoms with Gasteiger partial charge in [-0.3, -0.25) is 0 Å². The Bertz CT molecular complexity index is 543. The van der Waals surface area contributed by atoms with E-state index in [-0.39, 0.29) is 6.61 Å². The number of aliphatic hydroxyl groups excluding tert-OH is 2. The van der Waals surface area contributed by atoms with Gasteiger partial charge < -0.3 is 20.3 Å². The van der Waals surface area contributed by atoms with Gasteiger partial charge in [0.25, 0.3) is 0 Å². The second-order valence-electron chi connectivity index (χ2n) is 4.50. The molecule has 0 radical (unpaired) electrons. The Morgan fingerprint density at radius 3 is 2.55 bits per heavy atom. The molecule has 0 fully saturated rings. The largest absolute Gasteiger partial charge is 0.496 e. The molecule has 0 bridgehead atoms. The SMILES string of the molecule is COc1ccc(NCC(O)CO)cc1-c1ccccc1. The summed E-state index contributed by atoms with van der Waals surface area (Å²) in [6.07, 6.45) is -0.766. The van der Waals surface area contributed by atoms with Gasteiger partial charge in [-0.15, -0.1) is 0 Å². The highest BCUT2D eigenvalue weighted by Gasteiger charge is 2.08. The Morgan fingerprint density at radius 1 is 1.15 bits per heavy atom. The minimum absolute atomic E-state index is 0.255. The third-order valence-electron chi connectivity index (χ3n) is 3.04. The standard InChI is InChI=1S/C16H19NO3/c1-20-16-8-7-13(17-10-14(19)11-18)9-15(16)12-5-3-2-4-6-12/h2-9,14,17-19H,10-11H2,1H3. The van der Waals surface area contributed by atoms with E-state index in [2.05, 4.69) is 5.32 Å². The van der Waals surface area contributed by atoms with Gasteiger partial charge in [0.1, 0.15) is 5.75 Å². The van der Waals surface area contributed by atoms with Crippen LogP contribution in [-0.2, 0) is 0 Å². The van der Waals surface area contributed by atoms with E-state index in [1.807, 2.05) is 48.5 Å². The van der Waals surface area contributed by atoms with Gasteiger partial charge in [0.15, 0.2) is 0 Å². The van der Waals surface area contributed by atoms with Crippen LogP contribution in [0.2, 0.25) is 0 Å². The molecule has 1 atom stereocenters. The first-order valence-electron chi connectivity index (χ1n) is 6.51. The van der Waals surface area contributed by atoms with Crippen molar-refractivity contribution in [3.8, 4) is 16.9 Å². The quantitative estimate of drug-likeness (QED) is 0.754. The molecule has 2 rings (SSSR count). The Labute approximate surface area is 118 Å². The average Bonchev–Trinajstić information content (AvgIpc) is 2.53. The molecule has 2 aromatic rings. The monoisotopic (exact) mass is 273 g/mol. The molecule has 20 heavy (non-hydrogen) atoms. The van der Waals surface area contributed by atoms with Crippen molar-refractivity contribution in [2.24, 2.45) is 0 Å². The third kappa shape index (κ3) is 3.50. The number of methoxy groups -OCH3 is 1. The van der Waals surface area contributed by atoms with E-state index in [1.165, 1.54) is 0 Å². The van der Waals surface area contributed by atoms with Crippen molar-refractivity contribution < 1.29 is 14.9 Å². The highest BCUT2D eigenvalue weighted by molar-refractivity contribution is 5.74. The summed E-state index contributed by atoms with van der Waals surface area (Å²) in [5.41, 5.74) is 2.92. The molecule has 0 aliphatic heterocycles. The number of anilines is 1. The van der Waals surface area contributed by atoms with Crippen LogP contribution in [0.5, 0.6) is 5.75 Å². The highest BCUT2D eigenvalue weighted by atomic mass is 16.5. The van der Waals surface area contributed by atoms with Gasteiger partial charge in [0.2, 0.25) is 0 Å². The van der Waals surface area contributed by atoms with E-state index >= 15 is 0 Å². The fourth-order valence-corrected chi connectivity index (χ4v) is 1.96. The number of hydrogen-bond donors (Lipinski definition) is 3. The van der Waals surface area contributed by atoms with Crippen molar-refractivity contribution in [2.75, 3.05) is 25.6 Å². The van der Waals surface area contributed by atoms with Gasteiger partial charge in [-0.2, -0.15) is 0 Å². The molecular weight excluding hydrogens is 254 g/mol. The molecule has 2 aromatic carbocycles. The minimum Gasteiger partial charge on any atom is -0.496 e. The second kappa shape index (κ2) is 6.93. The normalized spacial score (nSPS) is 11.9. The first-order chi connectivity index (χ1) is 9.74. The summed E-state index contributed by atoms with van der Waals surface area (Å²) in [6.45, 7) is 0.0474.